The van der Waals surface area contributed by atoms with Crippen LogP contribution in [0.25, 0.3) is 11.6 Å². The van der Waals surface area contributed by atoms with Crippen LogP contribution in [0, 0.1) is 17.0 Å². The highest BCUT2D eigenvalue weighted by atomic mass is 19.1. The fourth-order valence-electron chi connectivity index (χ4n) is 5.55. The first kappa shape index (κ1) is 20.6. The SMILES string of the molecule is C/C=C/c1cc(F)c([C@@H]2C3=C(C[C@@H](C)N2CC2(C)COC2)c2ccccc2C3)c(F)c1. The van der Waals surface area contributed by atoms with Crippen molar-refractivity contribution in [1.82, 2.24) is 4.90 Å². The summed E-state index contributed by atoms with van der Waals surface area (Å²) in [6.07, 6.45) is 5.19. The summed E-state index contributed by atoms with van der Waals surface area (Å²) in [5.74, 6) is -0.926. The van der Waals surface area contributed by atoms with Gasteiger partial charge in [-0.3, -0.25) is 4.90 Å². The summed E-state index contributed by atoms with van der Waals surface area (Å²) >= 11 is 0. The van der Waals surface area contributed by atoms with Gasteiger partial charge in [0, 0.05) is 23.6 Å². The second-order valence-corrected chi connectivity index (χ2v) is 9.67. The van der Waals surface area contributed by atoms with E-state index >= 15 is 8.78 Å². The summed E-state index contributed by atoms with van der Waals surface area (Å²) in [6.45, 7) is 8.39. The molecule has 0 saturated carbocycles. The molecule has 4 heteroatoms. The highest BCUT2D eigenvalue weighted by Crippen LogP contribution is 2.50. The molecule has 2 aromatic rings. The number of halogens is 2. The summed E-state index contributed by atoms with van der Waals surface area (Å²) in [6, 6.07) is 11.1. The first-order valence-corrected chi connectivity index (χ1v) is 11.2. The highest BCUT2D eigenvalue weighted by molar-refractivity contribution is 5.79. The van der Waals surface area contributed by atoms with Crippen molar-refractivity contribution in [2.45, 2.75) is 45.7 Å². The molecule has 0 bridgehead atoms. The molecule has 2 aromatic carbocycles. The number of hydrogen-bond acceptors (Lipinski definition) is 2. The smallest absolute Gasteiger partial charge is 0.131 e. The van der Waals surface area contributed by atoms with Crippen molar-refractivity contribution in [2.24, 2.45) is 5.41 Å². The van der Waals surface area contributed by atoms with Gasteiger partial charge in [-0.1, -0.05) is 43.3 Å². The molecule has 2 aliphatic heterocycles. The number of nitrogens with zero attached hydrogens (tertiary/aromatic N) is 1. The van der Waals surface area contributed by atoms with E-state index < -0.39 is 17.7 Å². The van der Waals surface area contributed by atoms with Gasteiger partial charge in [0.25, 0.3) is 0 Å². The molecule has 2 heterocycles. The maximum Gasteiger partial charge on any atom is 0.131 e. The molecule has 162 valence electrons. The lowest BCUT2D eigenvalue weighted by Gasteiger charge is -2.49. The van der Waals surface area contributed by atoms with Gasteiger partial charge in [-0.15, -0.1) is 0 Å². The standard InChI is InChI=1S/C27H29F2NO/c1-4-7-18-11-23(28)25(24(29)12-18)26-22-13-19-8-5-6-9-20(19)21(22)10-17(2)30(26)14-27(3)15-31-16-27/h4-9,11-12,17,26H,10,13-16H2,1-3H3/b7-4+/t17-,26+/m1/s1. The van der Waals surface area contributed by atoms with Crippen LogP contribution in [0.1, 0.15) is 55.5 Å². The molecule has 0 spiro atoms. The van der Waals surface area contributed by atoms with Crippen molar-refractivity contribution < 1.29 is 13.5 Å². The normalized spacial score (nSPS) is 24.9. The van der Waals surface area contributed by atoms with E-state index in [4.69, 9.17) is 4.74 Å². The minimum Gasteiger partial charge on any atom is -0.380 e. The van der Waals surface area contributed by atoms with Gasteiger partial charge in [0.05, 0.1) is 19.3 Å². The maximum absolute atomic E-state index is 15.5. The van der Waals surface area contributed by atoms with Gasteiger partial charge < -0.3 is 4.74 Å². The van der Waals surface area contributed by atoms with Gasteiger partial charge in [-0.2, -0.15) is 0 Å². The lowest BCUT2D eigenvalue weighted by Crippen LogP contribution is -2.53. The van der Waals surface area contributed by atoms with Gasteiger partial charge in [0.1, 0.15) is 11.6 Å². The van der Waals surface area contributed by atoms with E-state index in [-0.39, 0.29) is 17.0 Å². The molecule has 0 radical (unpaired) electrons. The Morgan fingerprint density at radius 2 is 1.87 bits per heavy atom. The molecule has 2 atom stereocenters. The molecule has 2 nitrogen and oxygen atoms in total. The molecular formula is C27H29F2NO. The zero-order chi connectivity index (χ0) is 21.8. The van der Waals surface area contributed by atoms with E-state index in [0.29, 0.717) is 18.8 Å². The first-order chi connectivity index (χ1) is 14.9. The number of rotatable bonds is 4. The fraction of sp³-hybridized carbons (Fsp3) is 0.407. The average molecular weight is 422 g/mol. The van der Waals surface area contributed by atoms with Crippen LogP contribution in [0.4, 0.5) is 8.78 Å². The summed E-state index contributed by atoms with van der Waals surface area (Å²) < 4.78 is 36.5. The number of ether oxygens (including phenoxy) is 1. The molecule has 3 aliphatic rings. The third kappa shape index (κ3) is 3.46. The average Bonchev–Trinajstić information content (AvgIpc) is 3.07. The molecule has 0 amide bonds. The molecule has 1 aliphatic carbocycles. The van der Waals surface area contributed by atoms with Gasteiger partial charge in [0.15, 0.2) is 0 Å². The largest absolute Gasteiger partial charge is 0.380 e. The van der Waals surface area contributed by atoms with E-state index in [0.717, 1.165) is 25.0 Å². The van der Waals surface area contributed by atoms with Crippen molar-refractivity contribution >= 4 is 11.6 Å². The minimum absolute atomic E-state index is 0.0217. The van der Waals surface area contributed by atoms with Gasteiger partial charge in [-0.05, 0) is 66.7 Å². The molecule has 1 saturated heterocycles. The monoisotopic (exact) mass is 421 g/mol. The zero-order valence-electron chi connectivity index (χ0n) is 18.4. The van der Waals surface area contributed by atoms with Crippen LogP contribution >= 0.6 is 0 Å². The quantitative estimate of drug-likeness (QED) is 0.585. The van der Waals surface area contributed by atoms with Gasteiger partial charge in [0.2, 0.25) is 0 Å². The Labute approximate surface area is 183 Å². The van der Waals surface area contributed by atoms with E-state index in [1.165, 1.54) is 28.8 Å². The molecule has 1 fully saturated rings. The van der Waals surface area contributed by atoms with Crippen LogP contribution in [0.3, 0.4) is 0 Å². The van der Waals surface area contributed by atoms with Crippen molar-refractivity contribution in [2.75, 3.05) is 19.8 Å². The molecule has 5 rings (SSSR count). The van der Waals surface area contributed by atoms with Crippen molar-refractivity contribution in [1.29, 1.82) is 0 Å². The van der Waals surface area contributed by atoms with Crippen LogP contribution in [-0.4, -0.2) is 30.7 Å². The van der Waals surface area contributed by atoms with Crippen molar-refractivity contribution in [3.63, 3.8) is 0 Å². The Hall–Kier alpha value is -2.30. The minimum atomic E-state index is -0.463. The predicted octanol–water partition coefficient (Wildman–Crippen LogP) is 6.18. The number of hydrogen-bond donors (Lipinski definition) is 0. The Morgan fingerprint density at radius 3 is 2.52 bits per heavy atom. The first-order valence-electron chi connectivity index (χ1n) is 11.2. The fourth-order valence-corrected chi connectivity index (χ4v) is 5.55. The Bertz CT molecular complexity index is 1060. The maximum atomic E-state index is 15.5. The summed E-state index contributed by atoms with van der Waals surface area (Å²) in [7, 11) is 0. The third-order valence-electron chi connectivity index (χ3n) is 7.04. The van der Waals surface area contributed by atoms with Gasteiger partial charge >= 0.3 is 0 Å². The molecular weight excluding hydrogens is 392 g/mol. The van der Waals surface area contributed by atoms with Crippen LogP contribution in [-0.2, 0) is 11.2 Å². The predicted molar refractivity (Wildman–Crippen MR) is 121 cm³/mol. The number of fused-ring (bicyclic) bond motifs is 2. The van der Waals surface area contributed by atoms with E-state index in [1.54, 1.807) is 12.2 Å². The topological polar surface area (TPSA) is 12.5 Å². The summed E-state index contributed by atoms with van der Waals surface area (Å²) in [4.78, 5) is 2.32. The van der Waals surface area contributed by atoms with Crippen LogP contribution in [0.2, 0.25) is 0 Å². The molecule has 0 aromatic heterocycles. The Balaban J connectivity index is 1.65. The Morgan fingerprint density at radius 1 is 1.16 bits per heavy atom. The molecule has 0 N–H and O–H groups in total. The van der Waals surface area contributed by atoms with E-state index in [2.05, 4.69) is 36.9 Å². The summed E-state index contributed by atoms with van der Waals surface area (Å²) in [5, 5.41) is 0. The highest BCUT2D eigenvalue weighted by Gasteiger charge is 2.45. The van der Waals surface area contributed by atoms with E-state index in [9.17, 15) is 0 Å². The van der Waals surface area contributed by atoms with Crippen LogP contribution in [0.5, 0.6) is 0 Å². The Kier molecular flexibility index (Phi) is 5.10. The van der Waals surface area contributed by atoms with Crippen molar-refractivity contribution in [3.8, 4) is 0 Å². The second-order valence-electron chi connectivity index (χ2n) is 9.67. The van der Waals surface area contributed by atoms with Crippen LogP contribution in [0.15, 0.2) is 48.0 Å². The van der Waals surface area contributed by atoms with Crippen molar-refractivity contribution in [3.05, 3.63) is 81.9 Å². The number of allylic oxidation sites excluding steroid dienone is 1. The molecule has 0 unspecified atom stereocenters. The van der Waals surface area contributed by atoms with Crippen LogP contribution < -0.4 is 0 Å². The van der Waals surface area contributed by atoms with E-state index in [1.807, 2.05) is 13.0 Å². The number of benzene rings is 2. The zero-order valence-corrected chi connectivity index (χ0v) is 18.4. The summed E-state index contributed by atoms with van der Waals surface area (Å²) in [5.41, 5.74) is 5.70. The second kappa shape index (κ2) is 7.68. The van der Waals surface area contributed by atoms with Gasteiger partial charge in [-0.25, -0.2) is 8.78 Å². The third-order valence-corrected chi connectivity index (χ3v) is 7.04. The molecule has 31 heavy (non-hydrogen) atoms. The lowest BCUT2D eigenvalue weighted by molar-refractivity contribution is -0.123. The lowest BCUT2D eigenvalue weighted by atomic mass is 9.80.